The molecule has 15 heavy (non-hydrogen) atoms. The van der Waals surface area contributed by atoms with Gasteiger partial charge in [-0.15, -0.1) is 0 Å². The Hall–Kier alpha value is -1.84. The summed E-state index contributed by atoms with van der Waals surface area (Å²) >= 11 is 0. The summed E-state index contributed by atoms with van der Waals surface area (Å²) in [6.45, 7) is 0. The first kappa shape index (κ1) is 9.71. The molecule has 0 bridgehead atoms. The van der Waals surface area contributed by atoms with Gasteiger partial charge in [-0.2, -0.15) is 0 Å². The predicted molar refractivity (Wildman–Crippen MR) is 53.1 cm³/mol. The molecule has 1 fully saturated rings. The van der Waals surface area contributed by atoms with Crippen LogP contribution in [0.1, 0.15) is 18.0 Å². The number of benzene rings is 1. The predicted octanol–water partition coefficient (Wildman–Crippen LogP) is 0.948. The van der Waals surface area contributed by atoms with Crippen LogP contribution in [0.2, 0.25) is 0 Å². The molecular weight excluding hydrogens is 194 g/mol. The highest BCUT2D eigenvalue weighted by molar-refractivity contribution is 5.87. The maximum atomic E-state index is 11.2. The standard InChI is InChI=1S/C11H11NO3/c13-9-6-8(11(14)15)10(12-9)7-4-2-1-3-5-7/h1-5,8,10H,6H2,(H,12,13)(H,14,15)/t8?,10-/m1/s1. The van der Waals surface area contributed by atoms with E-state index in [1.807, 2.05) is 30.3 Å². The molecule has 1 unspecified atom stereocenters. The third-order valence-corrected chi connectivity index (χ3v) is 2.60. The molecule has 2 N–H and O–H groups in total. The normalized spacial score (nSPS) is 24.9. The van der Waals surface area contributed by atoms with Gasteiger partial charge in [0.2, 0.25) is 5.91 Å². The van der Waals surface area contributed by atoms with Crippen molar-refractivity contribution in [2.75, 3.05) is 0 Å². The topological polar surface area (TPSA) is 66.4 Å². The van der Waals surface area contributed by atoms with Crippen LogP contribution in [0.15, 0.2) is 30.3 Å². The van der Waals surface area contributed by atoms with E-state index in [4.69, 9.17) is 5.11 Å². The maximum Gasteiger partial charge on any atom is 0.309 e. The van der Waals surface area contributed by atoms with Crippen molar-refractivity contribution < 1.29 is 14.7 Å². The van der Waals surface area contributed by atoms with Crippen molar-refractivity contribution in [3.63, 3.8) is 0 Å². The number of carbonyl (C=O) groups is 2. The van der Waals surface area contributed by atoms with Gasteiger partial charge in [-0.3, -0.25) is 9.59 Å². The van der Waals surface area contributed by atoms with Crippen LogP contribution in [0.4, 0.5) is 0 Å². The zero-order valence-corrected chi connectivity index (χ0v) is 8.01. The van der Waals surface area contributed by atoms with E-state index in [1.54, 1.807) is 0 Å². The molecule has 78 valence electrons. The monoisotopic (exact) mass is 205 g/mol. The minimum atomic E-state index is -0.929. The number of carboxylic acid groups (broad SMARTS) is 1. The number of hydrogen-bond donors (Lipinski definition) is 2. The second-order valence-electron chi connectivity index (χ2n) is 3.60. The number of aliphatic carboxylic acids is 1. The van der Waals surface area contributed by atoms with Gasteiger partial charge < -0.3 is 10.4 Å². The fourth-order valence-corrected chi connectivity index (χ4v) is 1.86. The molecule has 0 aliphatic carbocycles. The third kappa shape index (κ3) is 1.83. The van der Waals surface area contributed by atoms with Crippen molar-refractivity contribution >= 4 is 11.9 Å². The van der Waals surface area contributed by atoms with Crippen LogP contribution < -0.4 is 5.32 Å². The summed E-state index contributed by atoms with van der Waals surface area (Å²) in [5, 5.41) is 11.7. The van der Waals surface area contributed by atoms with Crippen LogP contribution in [0, 0.1) is 5.92 Å². The number of carbonyl (C=O) groups excluding carboxylic acids is 1. The van der Waals surface area contributed by atoms with Gasteiger partial charge in [0.1, 0.15) is 0 Å². The average Bonchev–Trinajstić information content (AvgIpc) is 2.62. The van der Waals surface area contributed by atoms with E-state index in [0.717, 1.165) is 5.56 Å². The Morgan fingerprint density at radius 3 is 2.60 bits per heavy atom. The second-order valence-corrected chi connectivity index (χ2v) is 3.60. The Bertz CT molecular complexity index is 388. The summed E-state index contributed by atoms with van der Waals surface area (Å²) in [7, 11) is 0. The first-order chi connectivity index (χ1) is 7.18. The summed E-state index contributed by atoms with van der Waals surface area (Å²) in [5.41, 5.74) is 0.843. The van der Waals surface area contributed by atoms with Crippen LogP contribution in [-0.2, 0) is 9.59 Å². The summed E-state index contributed by atoms with van der Waals surface area (Å²) in [6.07, 6.45) is 0.0644. The summed E-state index contributed by atoms with van der Waals surface area (Å²) in [4.78, 5) is 22.1. The number of carboxylic acids is 1. The minimum absolute atomic E-state index is 0.0644. The summed E-state index contributed by atoms with van der Waals surface area (Å²) in [5.74, 6) is -1.78. The Labute approximate surface area is 86.9 Å². The van der Waals surface area contributed by atoms with Gasteiger partial charge in [0.25, 0.3) is 0 Å². The van der Waals surface area contributed by atoms with Gasteiger partial charge in [0, 0.05) is 6.42 Å². The van der Waals surface area contributed by atoms with Crippen LogP contribution in [0.3, 0.4) is 0 Å². The Balaban J connectivity index is 2.28. The highest BCUT2D eigenvalue weighted by Gasteiger charge is 2.38. The van der Waals surface area contributed by atoms with E-state index in [-0.39, 0.29) is 12.3 Å². The van der Waals surface area contributed by atoms with E-state index >= 15 is 0 Å². The molecule has 1 heterocycles. The quantitative estimate of drug-likeness (QED) is 0.755. The van der Waals surface area contributed by atoms with Crippen molar-refractivity contribution in [1.29, 1.82) is 0 Å². The van der Waals surface area contributed by atoms with Crippen molar-refractivity contribution in [2.45, 2.75) is 12.5 Å². The molecule has 0 aromatic heterocycles. The molecule has 1 aromatic carbocycles. The van der Waals surface area contributed by atoms with Crippen molar-refractivity contribution in [3.8, 4) is 0 Å². The molecule has 4 nitrogen and oxygen atoms in total. The minimum Gasteiger partial charge on any atom is -0.481 e. The summed E-state index contributed by atoms with van der Waals surface area (Å²) in [6, 6.07) is 8.78. The lowest BCUT2D eigenvalue weighted by Gasteiger charge is -2.15. The number of nitrogens with one attached hydrogen (secondary N) is 1. The van der Waals surface area contributed by atoms with Gasteiger partial charge in [0.05, 0.1) is 12.0 Å². The lowest BCUT2D eigenvalue weighted by Crippen LogP contribution is -2.24. The van der Waals surface area contributed by atoms with E-state index in [9.17, 15) is 9.59 Å². The molecule has 4 heteroatoms. The lowest BCUT2D eigenvalue weighted by atomic mass is 9.94. The van der Waals surface area contributed by atoms with Gasteiger partial charge in [-0.25, -0.2) is 0 Å². The highest BCUT2D eigenvalue weighted by atomic mass is 16.4. The van der Waals surface area contributed by atoms with E-state index < -0.39 is 17.9 Å². The molecule has 2 atom stereocenters. The number of hydrogen-bond acceptors (Lipinski definition) is 2. The Kier molecular flexibility index (Phi) is 2.41. The van der Waals surface area contributed by atoms with Crippen molar-refractivity contribution in [1.82, 2.24) is 5.32 Å². The average molecular weight is 205 g/mol. The van der Waals surface area contributed by atoms with Gasteiger partial charge >= 0.3 is 5.97 Å². The fraction of sp³-hybridized carbons (Fsp3) is 0.273. The fourth-order valence-electron chi connectivity index (χ4n) is 1.86. The van der Waals surface area contributed by atoms with Crippen LogP contribution in [0.25, 0.3) is 0 Å². The third-order valence-electron chi connectivity index (χ3n) is 2.60. The molecule has 1 aromatic rings. The first-order valence-electron chi connectivity index (χ1n) is 4.75. The smallest absolute Gasteiger partial charge is 0.309 e. The second kappa shape index (κ2) is 3.73. The number of rotatable bonds is 2. The van der Waals surface area contributed by atoms with Crippen LogP contribution in [-0.4, -0.2) is 17.0 Å². The zero-order valence-electron chi connectivity index (χ0n) is 8.01. The molecule has 0 saturated carbocycles. The Morgan fingerprint density at radius 2 is 2.00 bits per heavy atom. The molecule has 1 aliphatic rings. The van der Waals surface area contributed by atoms with Gasteiger partial charge in [-0.05, 0) is 5.56 Å². The van der Waals surface area contributed by atoms with Crippen LogP contribution >= 0.6 is 0 Å². The van der Waals surface area contributed by atoms with E-state index in [1.165, 1.54) is 0 Å². The molecule has 0 spiro atoms. The molecule has 2 rings (SSSR count). The molecule has 1 aliphatic heterocycles. The van der Waals surface area contributed by atoms with E-state index in [0.29, 0.717) is 0 Å². The molecule has 0 radical (unpaired) electrons. The zero-order chi connectivity index (χ0) is 10.8. The molecule has 1 saturated heterocycles. The first-order valence-corrected chi connectivity index (χ1v) is 4.75. The lowest BCUT2D eigenvalue weighted by molar-refractivity contribution is -0.142. The van der Waals surface area contributed by atoms with Gasteiger partial charge in [-0.1, -0.05) is 30.3 Å². The van der Waals surface area contributed by atoms with Crippen LogP contribution in [0.5, 0.6) is 0 Å². The van der Waals surface area contributed by atoms with Crippen molar-refractivity contribution in [3.05, 3.63) is 35.9 Å². The summed E-state index contributed by atoms with van der Waals surface area (Å²) < 4.78 is 0. The van der Waals surface area contributed by atoms with E-state index in [2.05, 4.69) is 5.32 Å². The van der Waals surface area contributed by atoms with Crippen molar-refractivity contribution in [2.24, 2.45) is 5.92 Å². The molecule has 1 amide bonds. The Morgan fingerprint density at radius 1 is 1.33 bits per heavy atom. The number of amides is 1. The maximum absolute atomic E-state index is 11.2. The molecular formula is C11H11NO3. The highest BCUT2D eigenvalue weighted by Crippen LogP contribution is 2.30. The van der Waals surface area contributed by atoms with Gasteiger partial charge in [0.15, 0.2) is 0 Å². The largest absolute Gasteiger partial charge is 0.481 e. The SMILES string of the molecule is O=C1CC(C(=O)O)[C@@H](c2ccccc2)N1.